The number of aryl methyl sites for hydroxylation is 2. The number of nitrogens with one attached hydrogen (secondary N) is 2. The Morgan fingerprint density at radius 3 is 2.43 bits per heavy atom. The second-order valence-electron chi connectivity index (χ2n) is 6.59. The lowest BCUT2D eigenvalue weighted by molar-refractivity contribution is -0.126. The molecule has 0 aliphatic heterocycles. The minimum absolute atomic E-state index is 0.283. The summed E-state index contributed by atoms with van der Waals surface area (Å²) >= 11 is 13.5. The Morgan fingerprint density at radius 2 is 1.78 bits per heavy atom. The van der Waals surface area contributed by atoms with Crippen LogP contribution in [-0.2, 0) is 17.6 Å². The van der Waals surface area contributed by atoms with Crippen LogP contribution in [-0.4, -0.2) is 16.1 Å². The highest BCUT2D eigenvalue weighted by molar-refractivity contribution is 7.14. The van der Waals surface area contributed by atoms with E-state index < -0.39 is 9.75 Å². The molecule has 1 aromatic heterocycles. The van der Waals surface area contributed by atoms with Crippen LogP contribution in [0.4, 0.5) is 0 Å². The van der Waals surface area contributed by atoms with E-state index in [0.717, 1.165) is 12.8 Å². The Bertz CT molecular complexity index is 619. The van der Waals surface area contributed by atoms with E-state index in [-0.39, 0.29) is 11.8 Å². The smallest absolute Gasteiger partial charge is 0.273 e. The molecule has 1 fully saturated rings. The molecule has 1 heterocycles. The normalized spacial score (nSPS) is 25.7. The van der Waals surface area contributed by atoms with Gasteiger partial charge in [0.25, 0.3) is 5.91 Å². The van der Waals surface area contributed by atoms with E-state index in [2.05, 4.69) is 10.9 Å². The second kappa shape index (κ2) is 6.26. The Morgan fingerprint density at radius 1 is 1.13 bits per heavy atom. The van der Waals surface area contributed by atoms with Crippen molar-refractivity contribution in [3.05, 3.63) is 21.4 Å². The molecule has 126 valence electrons. The van der Waals surface area contributed by atoms with Crippen molar-refractivity contribution in [1.29, 1.82) is 0 Å². The predicted octanol–water partition coefficient (Wildman–Crippen LogP) is 3.75. The summed E-state index contributed by atoms with van der Waals surface area (Å²) in [5, 5.41) is 0. The highest BCUT2D eigenvalue weighted by Gasteiger charge is 2.68. The number of rotatable bonds is 2. The summed E-state index contributed by atoms with van der Waals surface area (Å²) in [6, 6.07) is 1.96. The van der Waals surface area contributed by atoms with Crippen LogP contribution in [0, 0.1) is 5.41 Å². The zero-order chi connectivity index (χ0) is 16.7. The minimum atomic E-state index is -1.04. The molecule has 0 aromatic carbocycles. The van der Waals surface area contributed by atoms with E-state index in [9.17, 15) is 9.59 Å². The second-order valence-corrected chi connectivity index (χ2v) is 9.22. The first kappa shape index (κ1) is 17.1. The summed E-state index contributed by atoms with van der Waals surface area (Å²) in [7, 11) is 0. The molecule has 23 heavy (non-hydrogen) atoms. The molecule has 2 amide bonds. The van der Waals surface area contributed by atoms with Crippen LogP contribution >= 0.6 is 34.5 Å². The molecule has 2 aliphatic carbocycles. The van der Waals surface area contributed by atoms with E-state index in [1.54, 1.807) is 6.92 Å². The molecular formula is C16H20Cl2N2O2S. The first-order chi connectivity index (χ1) is 10.8. The van der Waals surface area contributed by atoms with Crippen molar-refractivity contribution in [3.8, 4) is 0 Å². The third-order valence-corrected chi connectivity index (χ3v) is 7.11. The summed E-state index contributed by atoms with van der Waals surface area (Å²) in [6.07, 6.45) is 7.32. The number of hydrogen-bond donors (Lipinski definition) is 2. The average Bonchev–Trinajstić information content (AvgIpc) is 2.80. The molecule has 3 rings (SSSR count). The molecule has 0 saturated heterocycles. The lowest BCUT2D eigenvalue weighted by Crippen LogP contribution is -2.45. The lowest BCUT2D eigenvalue weighted by Gasteiger charge is -2.12. The number of hydrogen-bond acceptors (Lipinski definition) is 3. The zero-order valence-corrected chi connectivity index (χ0v) is 15.3. The van der Waals surface area contributed by atoms with Crippen LogP contribution < -0.4 is 10.9 Å². The number of carbonyl (C=O) groups is 2. The number of carbonyl (C=O) groups excluding carboxylic acids is 2. The Balaban J connectivity index is 1.61. The van der Waals surface area contributed by atoms with Crippen LogP contribution in [0.1, 0.15) is 59.1 Å². The van der Waals surface area contributed by atoms with E-state index in [1.165, 1.54) is 47.5 Å². The molecule has 0 bridgehead atoms. The summed E-state index contributed by atoms with van der Waals surface area (Å²) < 4.78 is -1.04. The molecule has 1 saturated carbocycles. The first-order valence-corrected chi connectivity index (χ1v) is 9.51. The number of hydrazine groups is 1. The molecule has 4 nitrogen and oxygen atoms in total. The van der Waals surface area contributed by atoms with Gasteiger partial charge in [-0.05, 0) is 50.7 Å². The molecule has 1 aromatic rings. The molecule has 7 heteroatoms. The minimum Gasteiger partial charge on any atom is -0.273 e. The summed E-state index contributed by atoms with van der Waals surface area (Å²) in [5.74, 6) is -0.639. The summed E-state index contributed by atoms with van der Waals surface area (Å²) in [6.45, 7) is 1.69. The van der Waals surface area contributed by atoms with Gasteiger partial charge in [-0.25, -0.2) is 0 Å². The maximum atomic E-state index is 12.3. The van der Waals surface area contributed by atoms with Crippen molar-refractivity contribution in [1.82, 2.24) is 10.9 Å². The highest BCUT2D eigenvalue weighted by Crippen LogP contribution is 2.63. The van der Waals surface area contributed by atoms with Crippen molar-refractivity contribution in [2.24, 2.45) is 5.41 Å². The van der Waals surface area contributed by atoms with Crippen molar-refractivity contribution >= 4 is 46.4 Å². The quantitative estimate of drug-likeness (QED) is 0.611. The average molecular weight is 375 g/mol. The third-order valence-electron chi connectivity index (χ3n) is 4.77. The molecule has 2 N–H and O–H groups in total. The number of amides is 2. The Kier molecular flexibility index (Phi) is 4.64. The number of alkyl halides is 2. The van der Waals surface area contributed by atoms with Gasteiger partial charge in [0.2, 0.25) is 5.91 Å². The fraction of sp³-hybridized carbons (Fsp3) is 0.625. The van der Waals surface area contributed by atoms with Gasteiger partial charge >= 0.3 is 0 Å². The van der Waals surface area contributed by atoms with Crippen molar-refractivity contribution in [2.45, 2.75) is 56.2 Å². The molecule has 1 atom stereocenters. The Hall–Kier alpha value is -0.780. The number of halogens is 2. The highest BCUT2D eigenvalue weighted by atomic mass is 35.5. The molecule has 1 unspecified atom stereocenters. The largest absolute Gasteiger partial charge is 0.279 e. The van der Waals surface area contributed by atoms with Gasteiger partial charge in [0, 0.05) is 4.88 Å². The Labute approximate surface area is 149 Å². The topological polar surface area (TPSA) is 58.2 Å². The molecular weight excluding hydrogens is 355 g/mol. The summed E-state index contributed by atoms with van der Waals surface area (Å²) in [5.41, 5.74) is 5.36. The fourth-order valence-electron chi connectivity index (χ4n) is 2.92. The maximum Gasteiger partial charge on any atom is 0.279 e. The van der Waals surface area contributed by atoms with E-state index in [4.69, 9.17) is 23.2 Å². The predicted molar refractivity (Wildman–Crippen MR) is 93.0 cm³/mol. The van der Waals surface area contributed by atoms with Crippen LogP contribution in [0.15, 0.2) is 6.07 Å². The number of thiophene rings is 1. The lowest BCUT2D eigenvalue weighted by atomic mass is 10.00. The van der Waals surface area contributed by atoms with Gasteiger partial charge in [-0.1, -0.05) is 12.8 Å². The van der Waals surface area contributed by atoms with Gasteiger partial charge in [-0.15, -0.1) is 34.5 Å². The van der Waals surface area contributed by atoms with Crippen molar-refractivity contribution < 1.29 is 9.59 Å². The van der Waals surface area contributed by atoms with Gasteiger partial charge in [0.1, 0.15) is 4.33 Å². The van der Waals surface area contributed by atoms with Gasteiger partial charge in [0.15, 0.2) is 0 Å². The SMILES string of the molecule is CC1(C(=O)NNC(=O)c2cc3c(s2)CCCCCC3)CC1(Cl)Cl. The fourth-order valence-corrected chi connectivity index (χ4v) is 4.77. The van der Waals surface area contributed by atoms with Crippen LogP contribution in [0.2, 0.25) is 0 Å². The van der Waals surface area contributed by atoms with Crippen molar-refractivity contribution in [3.63, 3.8) is 0 Å². The van der Waals surface area contributed by atoms with E-state index in [1.807, 2.05) is 6.07 Å². The van der Waals surface area contributed by atoms with Crippen LogP contribution in [0.3, 0.4) is 0 Å². The van der Waals surface area contributed by atoms with E-state index in [0.29, 0.717) is 11.3 Å². The third kappa shape index (κ3) is 3.37. The van der Waals surface area contributed by atoms with Gasteiger partial charge in [-0.3, -0.25) is 20.4 Å². The first-order valence-electron chi connectivity index (χ1n) is 7.94. The van der Waals surface area contributed by atoms with Crippen LogP contribution in [0.25, 0.3) is 0 Å². The van der Waals surface area contributed by atoms with Gasteiger partial charge in [-0.2, -0.15) is 0 Å². The van der Waals surface area contributed by atoms with Crippen LogP contribution in [0.5, 0.6) is 0 Å². The van der Waals surface area contributed by atoms with E-state index >= 15 is 0 Å². The molecule has 2 aliphatic rings. The van der Waals surface area contributed by atoms with Gasteiger partial charge < -0.3 is 0 Å². The number of fused-ring (bicyclic) bond motifs is 1. The standard InChI is InChI=1S/C16H20Cl2N2O2S/c1-15(9-16(15,17)18)14(22)20-19-13(21)12-8-10-6-4-2-3-5-7-11(10)23-12/h8H,2-7,9H2,1H3,(H,19,21)(H,20,22). The maximum absolute atomic E-state index is 12.3. The zero-order valence-electron chi connectivity index (χ0n) is 13.0. The molecule has 0 spiro atoms. The summed E-state index contributed by atoms with van der Waals surface area (Å²) in [4.78, 5) is 26.3. The monoisotopic (exact) mass is 374 g/mol. The molecule has 0 radical (unpaired) electrons. The van der Waals surface area contributed by atoms with Gasteiger partial charge in [0.05, 0.1) is 10.3 Å². The van der Waals surface area contributed by atoms with Crippen molar-refractivity contribution in [2.75, 3.05) is 0 Å².